The van der Waals surface area contributed by atoms with Gasteiger partial charge in [-0.25, -0.2) is 0 Å². The molecule has 0 saturated heterocycles. The van der Waals surface area contributed by atoms with Crippen molar-refractivity contribution in [3.8, 4) is 0 Å². The van der Waals surface area contributed by atoms with Crippen LogP contribution in [-0.2, 0) is 6.54 Å². The van der Waals surface area contributed by atoms with Crippen LogP contribution >= 0.6 is 0 Å². The van der Waals surface area contributed by atoms with Gasteiger partial charge in [0.05, 0.1) is 11.7 Å². The molecule has 0 aliphatic heterocycles. The Labute approximate surface area is 117 Å². The summed E-state index contributed by atoms with van der Waals surface area (Å²) in [7, 11) is 0. The number of nitrogens with zero attached hydrogens (tertiary/aromatic N) is 3. The minimum absolute atomic E-state index is 0.695. The van der Waals surface area contributed by atoms with E-state index >= 15 is 0 Å². The lowest BCUT2D eigenvalue weighted by atomic mass is 10.0. The van der Waals surface area contributed by atoms with E-state index in [1.165, 1.54) is 0 Å². The van der Waals surface area contributed by atoms with E-state index in [2.05, 4.69) is 17.0 Å². The minimum atomic E-state index is -0.695. The summed E-state index contributed by atoms with van der Waals surface area (Å²) < 4.78 is 1.86. The molecule has 4 nitrogen and oxygen atoms in total. The number of para-hydroxylation sites is 1. The Balaban J connectivity index is 2.01. The maximum Gasteiger partial charge on any atom is 0.109 e. The number of aryl methyl sites for hydroxylation is 1. The third-order valence-corrected chi connectivity index (χ3v) is 3.38. The van der Waals surface area contributed by atoms with Crippen molar-refractivity contribution in [2.24, 2.45) is 0 Å². The van der Waals surface area contributed by atoms with E-state index in [4.69, 9.17) is 0 Å². The number of fused-ring (bicyclic) bond motifs is 1. The molecule has 0 spiro atoms. The number of aliphatic hydroxyl groups is 1. The Bertz CT molecular complexity index is 715. The van der Waals surface area contributed by atoms with Gasteiger partial charge in [0.1, 0.15) is 6.10 Å². The quantitative estimate of drug-likeness (QED) is 0.790. The zero-order valence-electron chi connectivity index (χ0n) is 11.4. The summed E-state index contributed by atoms with van der Waals surface area (Å²) in [5.41, 5.74) is 2.46. The monoisotopic (exact) mass is 267 g/mol. The van der Waals surface area contributed by atoms with Crippen molar-refractivity contribution in [2.45, 2.75) is 26.0 Å². The van der Waals surface area contributed by atoms with Crippen LogP contribution in [0.25, 0.3) is 10.9 Å². The molecular formula is C16H17N3O. The lowest BCUT2D eigenvalue weighted by Crippen LogP contribution is -2.01. The van der Waals surface area contributed by atoms with Gasteiger partial charge >= 0.3 is 0 Å². The highest BCUT2D eigenvalue weighted by Gasteiger charge is 2.15. The van der Waals surface area contributed by atoms with Crippen LogP contribution in [0.3, 0.4) is 0 Å². The first-order chi connectivity index (χ1) is 9.79. The molecule has 1 unspecified atom stereocenters. The van der Waals surface area contributed by atoms with E-state index in [1.807, 2.05) is 41.2 Å². The highest BCUT2D eigenvalue weighted by Crippen LogP contribution is 2.27. The SMILES string of the molecule is CCCn1cc(C(O)c2cccc3cccnc23)cn1. The van der Waals surface area contributed by atoms with E-state index < -0.39 is 6.10 Å². The fraction of sp³-hybridized carbons (Fsp3) is 0.250. The fourth-order valence-electron chi connectivity index (χ4n) is 2.40. The molecule has 2 heterocycles. The summed E-state index contributed by atoms with van der Waals surface area (Å²) in [5, 5.41) is 15.9. The maximum atomic E-state index is 10.6. The number of rotatable bonds is 4. The standard InChI is InChI=1S/C16H17N3O/c1-2-9-19-11-13(10-18-19)16(20)14-7-3-5-12-6-4-8-17-15(12)14/h3-8,10-11,16,20H,2,9H2,1H3. The third kappa shape index (κ3) is 2.30. The van der Waals surface area contributed by atoms with Crippen molar-refractivity contribution in [1.29, 1.82) is 0 Å². The molecule has 0 saturated carbocycles. The Morgan fingerprint density at radius 3 is 2.95 bits per heavy atom. The van der Waals surface area contributed by atoms with Crippen LogP contribution in [0, 0.1) is 0 Å². The Morgan fingerprint density at radius 2 is 2.10 bits per heavy atom. The molecule has 1 atom stereocenters. The van der Waals surface area contributed by atoms with E-state index in [0.717, 1.165) is 35.0 Å². The molecule has 0 aliphatic rings. The summed E-state index contributed by atoms with van der Waals surface area (Å²) in [6, 6.07) is 9.76. The number of pyridine rings is 1. The molecule has 1 N–H and O–H groups in total. The zero-order valence-corrected chi connectivity index (χ0v) is 11.4. The summed E-state index contributed by atoms with van der Waals surface area (Å²) in [4.78, 5) is 4.38. The maximum absolute atomic E-state index is 10.6. The number of hydrogen-bond donors (Lipinski definition) is 1. The van der Waals surface area contributed by atoms with Gasteiger partial charge in [0, 0.05) is 35.5 Å². The van der Waals surface area contributed by atoms with Gasteiger partial charge in [-0.1, -0.05) is 31.2 Å². The normalized spacial score (nSPS) is 12.7. The molecule has 0 radical (unpaired) electrons. The lowest BCUT2D eigenvalue weighted by Gasteiger charge is -2.11. The molecule has 0 bridgehead atoms. The van der Waals surface area contributed by atoms with Crippen molar-refractivity contribution in [3.63, 3.8) is 0 Å². The largest absolute Gasteiger partial charge is 0.383 e. The van der Waals surface area contributed by atoms with Gasteiger partial charge in [-0.2, -0.15) is 5.10 Å². The zero-order chi connectivity index (χ0) is 13.9. The summed E-state index contributed by atoms with van der Waals surface area (Å²) in [5.74, 6) is 0. The van der Waals surface area contributed by atoms with Crippen LogP contribution < -0.4 is 0 Å². The van der Waals surface area contributed by atoms with Gasteiger partial charge in [0.15, 0.2) is 0 Å². The van der Waals surface area contributed by atoms with Crippen molar-refractivity contribution in [1.82, 2.24) is 14.8 Å². The molecule has 0 fully saturated rings. The van der Waals surface area contributed by atoms with Crippen LogP contribution in [0.4, 0.5) is 0 Å². The van der Waals surface area contributed by atoms with E-state index in [1.54, 1.807) is 12.4 Å². The van der Waals surface area contributed by atoms with Crippen molar-refractivity contribution in [2.75, 3.05) is 0 Å². The summed E-state index contributed by atoms with van der Waals surface area (Å²) in [6.45, 7) is 2.97. The Hall–Kier alpha value is -2.20. The van der Waals surface area contributed by atoms with Gasteiger partial charge in [-0.05, 0) is 12.5 Å². The molecular weight excluding hydrogens is 250 g/mol. The second-order valence-corrected chi connectivity index (χ2v) is 4.86. The summed E-state index contributed by atoms with van der Waals surface area (Å²) >= 11 is 0. The second kappa shape index (κ2) is 5.43. The number of aliphatic hydroxyl groups excluding tert-OH is 1. The molecule has 1 aromatic carbocycles. The van der Waals surface area contributed by atoms with Gasteiger partial charge in [-0.3, -0.25) is 9.67 Å². The molecule has 3 rings (SSSR count). The molecule has 102 valence electrons. The average molecular weight is 267 g/mol. The highest BCUT2D eigenvalue weighted by atomic mass is 16.3. The van der Waals surface area contributed by atoms with Crippen LogP contribution in [0.15, 0.2) is 48.9 Å². The Kier molecular flexibility index (Phi) is 3.48. The van der Waals surface area contributed by atoms with E-state index in [-0.39, 0.29) is 0 Å². The van der Waals surface area contributed by atoms with Gasteiger partial charge in [0.25, 0.3) is 0 Å². The predicted octanol–water partition coefficient (Wildman–Crippen LogP) is 2.92. The van der Waals surface area contributed by atoms with Gasteiger partial charge < -0.3 is 5.11 Å². The van der Waals surface area contributed by atoms with Crippen molar-refractivity contribution in [3.05, 3.63) is 60.0 Å². The minimum Gasteiger partial charge on any atom is -0.383 e. The van der Waals surface area contributed by atoms with Gasteiger partial charge in [-0.15, -0.1) is 0 Å². The second-order valence-electron chi connectivity index (χ2n) is 4.86. The molecule has 0 aliphatic carbocycles. The first kappa shape index (κ1) is 12.8. The number of hydrogen-bond acceptors (Lipinski definition) is 3. The van der Waals surface area contributed by atoms with Crippen molar-refractivity contribution >= 4 is 10.9 Å². The van der Waals surface area contributed by atoms with Crippen LogP contribution in [0.1, 0.15) is 30.6 Å². The molecule has 4 heteroatoms. The lowest BCUT2D eigenvalue weighted by molar-refractivity contribution is 0.221. The smallest absolute Gasteiger partial charge is 0.109 e. The fourth-order valence-corrected chi connectivity index (χ4v) is 2.40. The van der Waals surface area contributed by atoms with Crippen LogP contribution in [0.5, 0.6) is 0 Å². The molecule has 3 aromatic rings. The molecule has 2 aromatic heterocycles. The van der Waals surface area contributed by atoms with Crippen molar-refractivity contribution < 1.29 is 5.11 Å². The summed E-state index contributed by atoms with van der Waals surface area (Å²) in [6.07, 6.45) is 5.70. The first-order valence-corrected chi connectivity index (χ1v) is 6.83. The van der Waals surface area contributed by atoms with Crippen LogP contribution in [0.2, 0.25) is 0 Å². The van der Waals surface area contributed by atoms with E-state index in [0.29, 0.717) is 0 Å². The first-order valence-electron chi connectivity index (χ1n) is 6.83. The number of aromatic nitrogens is 3. The topological polar surface area (TPSA) is 50.9 Å². The predicted molar refractivity (Wildman–Crippen MR) is 78.3 cm³/mol. The number of benzene rings is 1. The van der Waals surface area contributed by atoms with E-state index in [9.17, 15) is 5.11 Å². The Morgan fingerprint density at radius 1 is 1.25 bits per heavy atom. The van der Waals surface area contributed by atoms with Gasteiger partial charge in [0.2, 0.25) is 0 Å². The third-order valence-electron chi connectivity index (χ3n) is 3.38. The molecule has 20 heavy (non-hydrogen) atoms. The average Bonchev–Trinajstić information content (AvgIpc) is 2.95. The molecule has 0 amide bonds. The highest BCUT2D eigenvalue weighted by molar-refractivity contribution is 5.82. The van der Waals surface area contributed by atoms with Crippen LogP contribution in [-0.4, -0.2) is 19.9 Å².